The Kier molecular flexibility index (Phi) is 7.48. The van der Waals surface area contributed by atoms with Crippen molar-refractivity contribution in [2.45, 2.75) is 53.1 Å². The van der Waals surface area contributed by atoms with E-state index in [0.29, 0.717) is 19.1 Å². The van der Waals surface area contributed by atoms with E-state index in [4.69, 9.17) is 4.74 Å². The Morgan fingerprint density at radius 2 is 1.89 bits per heavy atom. The van der Waals surface area contributed by atoms with Crippen LogP contribution in [0.5, 0.6) is 0 Å². The number of nitrogens with one attached hydrogen (secondary N) is 1. The minimum atomic E-state index is -0.645. The van der Waals surface area contributed by atoms with Crippen LogP contribution in [0.25, 0.3) is 0 Å². The summed E-state index contributed by atoms with van der Waals surface area (Å²) < 4.78 is 5.19. The molecule has 0 rings (SSSR count). The summed E-state index contributed by atoms with van der Waals surface area (Å²) in [5, 5.41) is 3.33. The van der Waals surface area contributed by atoms with Gasteiger partial charge >= 0.3 is 5.97 Å². The van der Waals surface area contributed by atoms with Crippen LogP contribution in [0.3, 0.4) is 0 Å². The summed E-state index contributed by atoms with van der Waals surface area (Å²) in [7, 11) is 2.04. The molecule has 0 aliphatic heterocycles. The van der Waals surface area contributed by atoms with E-state index in [0.717, 1.165) is 6.54 Å². The van der Waals surface area contributed by atoms with E-state index < -0.39 is 5.54 Å². The summed E-state index contributed by atoms with van der Waals surface area (Å²) in [6.07, 6.45) is 0. The molecule has 0 radical (unpaired) electrons. The fourth-order valence-corrected chi connectivity index (χ4v) is 2.32. The van der Waals surface area contributed by atoms with E-state index >= 15 is 0 Å². The van der Waals surface area contributed by atoms with Gasteiger partial charge in [0.15, 0.2) is 0 Å². The first-order valence-electron chi connectivity index (χ1n) is 6.84. The molecule has 1 unspecified atom stereocenters. The molecule has 4 nitrogen and oxygen atoms in total. The predicted molar refractivity (Wildman–Crippen MR) is 75.6 cm³/mol. The SMILES string of the molecule is CCOC(=O)C(C)(CN(C)CC(C)C)NC(C)C. The molecule has 0 aromatic heterocycles. The maximum atomic E-state index is 12.1. The van der Waals surface area contributed by atoms with Gasteiger partial charge in [-0.25, -0.2) is 0 Å². The first-order chi connectivity index (χ1) is 8.21. The smallest absolute Gasteiger partial charge is 0.327 e. The third-order valence-corrected chi connectivity index (χ3v) is 2.60. The first kappa shape index (κ1) is 17.4. The van der Waals surface area contributed by atoms with Gasteiger partial charge in [-0.1, -0.05) is 13.8 Å². The van der Waals surface area contributed by atoms with E-state index in [1.807, 2.05) is 34.7 Å². The Morgan fingerprint density at radius 1 is 1.33 bits per heavy atom. The fourth-order valence-electron chi connectivity index (χ4n) is 2.32. The molecule has 0 aliphatic rings. The molecule has 0 amide bonds. The van der Waals surface area contributed by atoms with Crippen LogP contribution < -0.4 is 5.32 Å². The fraction of sp³-hybridized carbons (Fsp3) is 0.929. The van der Waals surface area contributed by atoms with E-state index in [1.165, 1.54) is 0 Å². The Hall–Kier alpha value is -0.610. The maximum Gasteiger partial charge on any atom is 0.327 e. The molecule has 0 heterocycles. The summed E-state index contributed by atoms with van der Waals surface area (Å²) in [5.74, 6) is 0.412. The monoisotopic (exact) mass is 258 g/mol. The molecule has 0 bridgehead atoms. The number of hydrogen-bond acceptors (Lipinski definition) is 4. The van der Waals surface area contributed by atoms with E-state index in [9.17, 15) is 4.79 Å². The number of rotatable bonds is 8. The highest BCUT2D eigenvalue weighted by Gasteiger charge is 2.36. The number of ether oxygens (including phenoxy) is 1. The van der Waals surface area contributed by atoms with E-state index in [1.54, 1.807) is 0 Å². The largest absolute Gasteiger partial charge is 0.465 e. The number of carbonyl (C=O) groups excluding carboxylic acids is 1. The van der Waals surface area contributed by atoms with Crippen LogP contribution in [0.1, 0.15) is 41.5 Å². The van der Waals surface area contributed by atoms with Crippen molar-refractivity contribution in [2.75, 3.05) is 26.7 Å². The summed E-state index contributed by atoms with van der Waals surface area (Å²) in [6, 6.07) is 0.242. The zero-order valence-electron chi connectivity index (χ0n) is 13.0. The second kappa shape index (κ2) is 7.74. The number of likely N-dealkylation sites (N-methyl/N-ethyl adjacent to an activating group) is 1. The van der Waals surface area contributed by atoms with Crippen molar-refractivity contribution in [1.82, 2.24) is 10.2 Å². The summed E-state index contributed by atoms with van der Waals surface area (Å²) in [4.78, 5) is 14.3. The number of hydrogen-bond donors (Lipinski definition) is 1. The van der Waals surface area contributed by atoms with Crippen molar-refractivity contribution < 1.29 is 9.53 Å². The van der Waals surface area contributed by atoms with Crippen LogP contribution in [0.4, 0.5) is 0 Å². The van der Waals surface area contributed by atoms with Gasteiger partial charge in [-0.05, 0) is 40.7 Å². The molecular formula is C14H30N2O2. The third kappa shape index (κ3) is 6.36. The topological polar surface area (TPSA) is 41.6 Å². The summed E-state index contributed by atoms with van der Waals surface area (Å²) in [6.45, 7) is 14.2. The molecule has 0 saturated carbocycles. The average Bonchev–Trinajstić information content (AvgIpc) is 2.14. The lowest BCUT2D eigenvalue weighted by Gasteiger charge is -2.34. The van der Waals surface area contributed by atoms with Gasteiger partial charge in [0.2, 0.25) is 0 Å². The van der Waals surface area contributed by atoms with Gasteiger partial charge in [-0.3, -0.25) is 10.1 Å². The molecule has 1 atom stereocenters. The number of esters is 1. The minimum absolute atomic E-state index is 0.172. The lowest BCUT2D eigenvalue weighted by molar-refractivity contribution is -0.151. The lowest BCUT2D eigenvalue weighted by Crippen LogP contribution is -2.59. The van der Waals surface area contributed by atoms with E-state index in [2.05, 4.69) is 24.1 Å². The Bertz CT molecular complexity index is 254. The van der Waals surface area contributed by atoms with Crippen LogP contribution in [-0.4, -0.2) is 49.2 Å². The standard InChI is InChI=1S/C14H30N2O2/c1-8-18-13(17)14(6,15-12(4)5)10-16(7)9-11(2)3/h11-12,15H,8-10H2,1-7H3. The third-order valence-electron chi connectivity index (χ3n) is 2.60. The summed E-state index contributed by atoms with van der Waals surface area (Å²) in [5.41, 5.74) is -0.645. The van der Waals surface area contributed by atoms with Gasteiger partial charge in [-0.2, -0.15) is 0 Å². The predicted octanol–water partition coefficient (Wildman–Crippen LogP) is 1.89. The van der Waals surface area contributed by atoms with Gasteiger partial charge in [0, 0.05) is 19.1 Å². The zero-order valence-corrected chi connectivity index (χ0v) is 13.0. The quantitative estimate of drug-likeness (QED) is 0.675. The number of nitrogens with zero attached hydrogens (tertiary/aromatic N) is 1. The van der Waals surface area contributed by atoms with Crippen molar-refractivity contribution in [3.05, 3.63) is 0 Å². The molecule has 0 aromatic rings. The molecule has 0 fully saturated rings. The molecule has 4 heteroatoms. The zero-order chi connectivity index (χ0) is 14.3. The van der Waals surface area contributed by atoms with Gasteiger partial charge < -0.3 is 9.64 Å². The van der Waals surface area contributed by atoms with Crippen molar-refractivity contribution in [3.8, 4) is 0 Å². The Morgan fingerprint density at radius 3 is 2.28 bits per heavy atom. The van der Waals surface area contributed by atoms with Crippen LogP contribution in [0.2, 0.25) is 0 Å². The van der Waals surface area contributed by atoms with Crippen molar-refractivity contribution in [1.29, 1.82) is 0 Å². The second-order valence-electron chi connectivity index (χ2n) is 5.94. The normalized spacial score (nSPS) is 15.2. The summed E-state index contributed by atoms with van der Waals surface area (Å²) >= 11 is 0. The molecule has 0 aliphatic carbocycles. The number of carbonyl (C=O) groups is 1. The second-order valence-corrected chi connectivity index (χ2v) is 5.94. The molecule has 0 aromatic carbocycles. The van der Waals surface area contributed by atoms with Crippen LogP contribution in [-0.2, 0) is 9.53 Å². The van der Waals surface area contributed by atoms with Gasteiger partial charge in [0.05, 0.1) is 6.61 Å². The highest BCUT2D eigenvalue weighted by atomic mass is 16.5. The highest BCUT2D eigenvalue weighted by molar-refractivity contribution is 5.80. The van der Waals surface area contributed by atoms with Gasteiger partial charge in [0.1, 0.15) is 5.54 Å². The van der Waals surface area contributed by atoms with E-state index in [-0.39, 0.29) is 12.0 Å². The molecule has 0 saturated heterocycles. The molecule has 1 N–H and O–H groups in total. The average molecular weight is 258 g/mol. The van der Waals surface area contributed by atoms with Crippen molar-refractivity contribution >= 4 is 5.97 Å². The van der Waals surface area contributed by atoms with Gasteiger partial charge in [-0.15, -0.1) is 0 Å². The molecule has 0 spiro atoms. The Balaban J connectivity index is 4.70. The highest BCUT2D eigenvalue weighted by Crippen LogP contribution is 2.11. The molecule has 18 heavy (non-hydrogen) atoms. The first-order valence-corrected chi connectivity index (χ1v) is 6.84. The van der Waals surface area contributed by atoms with Crippen molar-refractivity contribution in [3.63, 3.8) is 0 Å². The van der Waals surface area contributed by atoms with Crippen LogP contribution in [0, 0.1) is 5.92 Å². The van der Waals surface area contributed by atoms with Crippen LogP contribution in [0.15, 0.2) is 0 Å². The van der Waals surface area contributed by atoms with Gasteiger partial charge in [0.25, 0.3) is 0 Å². The maximum absolute atomic E-state index is 12.1. The van der Waals surface area contributed by atoms with Crippen molar-refractivity contribution in [2.24, 2.45) is 5.92 Å². The lowest BCUT2D eigenvalue weighted by atomic mass is 10.00. The minimum Gasteiger partial charge on any atom is -0.465 e. The van der Waals surface area contributed by atoms with Crippen LogP contribution >= 0.6 is 0 Å². The molecule has 108 valence electrons. The Labute approximate surface area is 112 Å². The molecular weight excluding hydrogens is 228 g/mol.